The van der Waals surface area contributed by atoms with Gasteiger partial charge in [-0.05, 0) is 31.1 Å². The maximum Gasteiger partial charge on any atom is 0.223 e. The minimum atomic E-state index is 0.410. The first-order valence-corrected chi connectivity index (χ1v) is 5.48. The quantitative estimate of drug-likeness (QED) is 0.606. The summed E-state index contributed by atoms with van der Waals surface area (Å²) in [5, 5.41) is 0. The van der Waals surface area contributed by atoms with Gasteiger partial charge in [-0.2, -0.15) is 0 Å². The van der Waals surface area contributed by atoms with Gasteiger partial charge in [0.1, 0.15) is 0 Å². The molecule has 0 aromatic heterocycles. The molecule has 0 aliphatic carbocycles. The Kier molecular flexibility index (Phi) is 2.31. The largest absolute Gasteiger partial charge is 0.340 e. The molecule has 2 unspecified atom stereocenters. The van der Waals surface area contributed by atoms with Crippen LogP contribution in [-0.2, 0) is 4.79 Å². The standard InChI is InChI=1S/C11H19NO/c1-8(2)9-6-10-4-3-5-12(10)11(13)7-9/h8-10H,3-7H2,1-2H3. The van der Waals surface area contributed by atoms with Crippen LogP contribution in [0.15, 0.2) is 0 Å². The zero-order chi connectivity index (χ0) is 9.42. The first kappa shape index (κ1) is 9.04. The number of fused-ring (bicyclic) bond motifs is 1. The number of rotatable bonds is 1. The summed E-state index contributed by atoms with van der Waals surface area (Å²) in [6.07, 6.45) is 4.52. The van der Waals surface area contributed by atoms with Crippen LogP contribution in [0.25, 0.3) is 0 Å². The van der Waals surface area contributed by atoms with E-state index in [-0.39, 0.29) is 0 Å². The predicted octanol–water partition coefficient (Wildman–Crippen LogP) is 2.04. The molecule has 0 radical (unpaired) electrons. The van der Waals surface area contributed by atoms with Crippen LogP contribution < -0.4 is 0 Å². The first-order chi connectivity index (χ1) is 6.18. The highest BCUT2D eigenvalue weighted by Crippen LogP contribution is 2.34. The fraction of sp³-hybridized carbons (Fsp3) is 0.909. The van der Waals surface area contributed by atoms with Crippen LogP contribution in [0.2, 0.25) is 0 Å². The minimum absolute atomic E-state index is 0.410. The van der Waals surface area contributed by atoms with Crippen LogP contribution in [0.3, 0.4) is 0 Å². The Balaban J connectivity index is 2.05. The monoisotopic (exact) mass is 181 g/mol. The zero-order valence-corrected chi connectivity index (χ0v) is 8.62. The molecule has 0 N–H and O–H groups in total. The SMILES string of the molecule is CC(C)C1CC(=O)N2CCCC2C1. The van der Waals surface area contributed by atoms with E-state index < -0.39 is 0 Å². The minimum Gasteiger partial charge on any atom is -0.340 e. The van der Waals surface area contributed by atoms with Gasteiger partial charge in [0.2, 0.25) is 5.91 Å². The summed E-state index contributed by atoms with van der Waals surface area (Å²) in [6, 6.07) is 0.591. The Labute approximate surface area is 80.3 Å². The van der Waals surface area contributed by atoms with Gasteiger partial charge in [-0.3, -0.25) is 4.79 Å². The van der Waals surface area contributed by atoms with E-state index in [1.54, 1.807) is 0 Å². The highest BCUT2D eigenvalue weighted by atomic mass is 16.2. The third kappa shape index (κ3) is 1.59. The molecule has 0 spiro atoms. The van der Waals surface area contributed by atoms with E-state index in [1.807, 2.05) is 0 Å². The summed E-state index contributed by atoms with van der Waals surface area (Å²) < 4.78 is 0. The van der Waals surface area contributed by atoms with E-state index >= 15 is 0 Å². The van der Waals surface area contributed by atoms with Gasteiger partial charge in [0.05, 0.1) is 0 Å². The number of carbonyl (C=O) groups excluding carboxylic acids is 1. The molecule has 0 bridgehead atoms. The molecule has 0 aromatic rings. The summed E-state index contributed by atoms with van der Waals surface area (Å²) >= 11 is 0. The average molecular weight is 181 g/mol. The van der Waals surface area contributed by atoms with Gasteiger partial charge in [-0.25, -0.2) is 0 Å². The Bertz CT molecular complexity index is 212. The molecule has 0 aromatic carbocycles. The normalized spacial score (nSPS) is 34.1. The predicted molar refractivity (Wildman–Crippen MR) is 52.3 cm³/mol. The zero-order valence-electron chi connectivity index (χ0n) is 8.62. The van der Waals surface area contributed by atoms with Crippen LogP contribution >= 0.6 is 0 Å². The van der Waals surface area contributed by atoms with E-state index in [1.165, 1.54) is 19.3 Å². The lowest BCUT2D eigenvalue weighted by molar-refractivity contribution is -0.137. The first-order valence-electron chi connectivity index (χ1n) is 5.48. The topological polar surface area (TPSA) is 20.3 Å². The molecule has 2 rings (SSSR count). The fourth-order valence-corrected chi connectivity index (χ4v) is 2.69. The molecular formula is C11H19NO. The number of piperidine rings is 1. The summed E-state index contributed by atoms with van der Waals surface area (Å²) in [7, 11) is 0. The van der Waals surface area contributed by atoms with Gasteiger partial charge in [0, 0.05) is 19.0 Å². The second-order valence-corrected chi connectivity index (χ2v) is 4.83. The molecule has 2 heterocycles. The summed E-state index contributed by atoms with van der Waals surface area (Å²) in [6.45, 7) is 5.50. The summed E-state index contributed by atoms with van der Waals surface area (Å²) in [4.78, 5) is 13.8. The van der Waals surface area contributed by atoms with Gasteiger partial charge in [0.15, 0.2) is 0 Å². The Hall–Kier alpha value is -0.530. The van der Waals surface area contributed by atoms with Crippen molar-refractivity contribution in [2.24, 2.45) is 11.8 Å². The van der Waals surface area contributed by atoms with E-state index in [9.17, 15) is 4.79 Å². The summed E-state index contributed by atoms with van der Waals surface area (Å²) in [5.41, 5.74) is 0. The fourth-order valence-electron chi connectivity index (χ4n) is 2.69. The third-order valence-corrected chi connectivity index (χ3v) is 3.65. The highest BCUT2D eigenvalue weighted by Gasteiger charge is 2.37. The number of carbonyl (C=O) groups is 1. The van der Waals surface area contributed by atoms with Gasteiger partial charge in [-0.15, -0.1) is 0 Å². The molecule has 2 fully saturated rings. The highest BCUT2D eigenvalue weighted by molar-refractivity contribution is 5.78. The van der Waals surface area contributed by atoms with Crippen LogP contribution in [0.4, 0.5) is 0 Å². The van der Waals surface area contributed by atoms with E-state index in [2.05, 4.69) is 18.7 Å². The van der Waals surface area contributed by atoms with Crippen LogP contribution in [0.1, 0.15) is 39.5 Å². The number of nitrogens with zero attached hydrogens (tertiary/aromatic N) is 1. The number of amides is 1. The molecule has 2 aliphatic heterocycles. The molecule has 2 nitrogen and oxygen atoms in total. The van der Waals surface area contributed by atoms with Crippen molar-refractivity contribution >= 4 is 5.91 Å². The van der Waals surface area contributed by atoms with E-state index in [0.29, 0.717) is 23.8 Å². The smallest absolute Gasteiger partial charge is 0.223 e. The van der Waals surface area contributed by atoms with Gasteiger partial charge >= 0.3 is 0 Å². The lowest BCUT2D eigenvalue weighted by Gasteiger charge is -2.36. The van der Waals surface area contributed by atoms with E-state index in [0.717, 1.165) is 13.0 Å². The van der Waals surface area contributed by atoms with Crippen molar-refractivity contribution in [1.29, 1.82) is 0 Å². The molecule has 2 saturated heterocycles. The van der Waals surface area contributed by atoms with Crippen LogP contribution in [0, 0.1) is 11.8 Å². The maximum atomic E-state index is 11.7. The Morgan fingerprint density at radius 2 is 2.23 bits per heavy atom. The van der Waals surface area contributed by atoms with Crippen molar-refractivity contribution in [2.45, 2.75) is 45.6 Å². The Morgan fingerprint density at radius 1 is 1.46 bits per heavy atom. The van der Waals surface area contributed by atoms with Gasteiger partial charge in [-0.1, -0.05) is 13.8 Å². The number of hydrogen-bond donors (Lipinski definition) is 0. The van der Waals surface area contributed by atoms with E-state index in [4.69, 9.17) is 0 Å². The molecule has 0 saturated carbocycles. The molecule has 1 amide bonds. The molecule has 74 valence electrons. The third-order valence-electron chi connectivity index (χ3n) is 3.65. The van der Waals surface area contributed by atoms with Crippen molar-refractivity contribution in [3.63, 3.8) is 0 Å². The Morgan fingerprint density at radius 3 is 2.92 bits per heavy atom. The van der Waals surface area contributed by atoms with Crippen molar-refractivity contribution in [3.05, 3.63) is 0 Å². The van der Waals surface area contributed by atoms with Crippen LogP contribution in [-0.4, -0.2) is 23.4 Å². The molecule has 13 heavy (non-hydrogen) atoms. The van der Waals surface area contributed by atoms with Gasteiger partial charge in [0.25, 0.3) is 0 Å². The number of hydrogen-bond acceptors (Lipinski definition) is 1. The van der Waals surface area contributed by atoms with Crippen LogP contribution in [0.5, 0.6) is 0 Å². The molecule has 2 atom stereocenters. The van der Waals surface area contributed by atoms with Gasteiger partial charge < -0.3 is 4.90 Å². The second kappa shape index (κ2) is 3.32. The second-order valence-electron chi connectivity index (χ2n) is 4.83. The van der Waals surface area contributed by atoms with Crippen molar-refractivity contribution in [2.75, 3.05) is 6.54 Å². The van der Waals surface area contributed by atoms with Crippen molar-refractivity contribution < 1.29 is 4.79 Å². The average Bonchev–Trinajstić information content (AvgIpc) is 2.51. The summed E-state index contributed by atoms with van der Waals surface area (Å²) in [5.74, 6) is 1.73. The van der Waals surface area contributed by atoms with Crippen molar-refractivity contribution in [3.8, 4) is 0 Å². The molecule has 2 aliphatic rings. The molecular weight excluding hydrogens is 162 g/mol. The molecule has 2 heteroatoms. The lowest BCUT2D eigenvalue weighted by atomic mass is 9.83. The lowest BCUT2D eigenvalue weighted by Crippen LogP contribution is -2.43. The van der Waals surface area contributed by atoms with Crippen molar-refractivity contribution in [1.82, 2.24) is 4.90 Å². The maximum absolute atomic E-state index is 11.7.